The SMILES string of the molecule is CC/C=C\C/C=C\C/C=C\C/C=C\C/C=C\CCCCCC(=O)OC[C@H](COP(=O)(O)OC[C@H](N)C(=O)O)OC(=O)CCCCCCC/C=C\CC1OC1CCCCC. The zero-order chi connectivity index (χ0) is 43.2. The van der Waals surface area contributed by atoms with Gasteiger partial charge in [-0.3, -0.25) is 23.4 Å². The standard InChI is InChI=1S/C46H76NO11P/c1-3-5-7-8-9-10-11-12-13-14-15-16-17-18-19-20-24-27-31-35-44(48)54-37-40(38-55-59(52,53)56-39-41(47)46(50)51)57-45(49)36-32-28-25-22-21-23-26-30-34-43-42(58-43)33-29-6-4-2/h5,7,9-10,12-13,15-16,18-19,26,30,40-43H,3-4,6,8,11,14,17,20-25,27-29,31-39,47H2,1-2H3,(H,50,51)(H,52,53)/b7-5-,10-9-,13-12-,16-15-,19-18-,30-26-/t40-,41+,42?,43?/m1/s1. The summed E-state index contributed by atoms with van der Waals surface area (Å²) in [6, 6.07) is -1.53. The number of carbonyl (C=O) groups excluding carboxylic acids is 2. The van der Waals surface area contributed by atoms with Crippen LogP contribution in [-0.4, -0.2) is 72.1 Å². The predicted molar refractivity (Wildman–Crippen MR) is 235 cm³/mol. The molecule has 1 fully saturated rings. The average Bonchev–Trinajstić information content (AvgIpc) is 3.97. The molecule has 4 N–H and O–H groups in total. The van der Waals surface area contributed by atoms with Crippen LogP contribution in [0, 0.1) is 0 Å². The molecule has 0 aromatic heterocycles. The van der Waals surface area contributed by atoms with Crippen LogP contribution in [0.5, 0.6) is 0 Å². The van der Waals surface area contributed by atoms with Crippen molar-refractivity contribution in [2.45, 2.75) is 179 Å². The molecule has 0 spiro atoms. The monoisotopic (exact) mass is 850 g/mol. The number of epoxide rings is 1. The maximum atomic E-state index is 12.6. The van der Waals surface area contributed by atoms with Crippen molar-refractivity contribution in [3.63, 3.8) is 0 Å². The summed E-state index contributed by atoms with van der Waals surface area (Å²) < 4.78 is 38.4. The van der Waals surface area contributed by atoms with E-state index in [1.807, 2.05) is 0 Å². The molecule has 3 unspecified atom stereocenters. The van der Waals surface area contributed by atoms with Gasteiger partial charge in [0.25, 0.3) is 0 Å². The molecule has 12 nitrogen and oxygen atoms in total. The molecule has 0 amide bonds. The van der Waals surface area contributed by atoms with Crippen LogP contribution >= 0.6 is 7.82 Å². The highest BCUT2D eigenvalue weighted by Gasteiger charge is 2.36. The summed E-state index contributed by atoms with van der Waals surface area (Å²) in [5.74, 6) is -2.45. The lowest BCUT2D eigenvalue weighted by atomic mass is 10.1. The minimum absolute atomic E-state index is 0.129. The minimum Gasteiger partial charge on any atom is -0.480 e. The Hall–Kier alpha value is -3.12. The zero-order valence-electron chi connectivity index (χ0n) is 36.0. The van der Waals surface area contributed by atoms with Crippen LogP contribution in [0.2, 0.25) is 0 Å². The van der Waals surface area contributed by atoms with Gasteiger partial charge < -0.3 is 29.9 Å². The average molecular weight is 850 g/mol. The quantitative estimate of drug-likeness (QED) is 0.0175. The van der Waals surface area contributed by atoms with E-state index in [1.165, 1.54) is 25.7 Å². The summed E-state index contributed by atoms with van der Waals surface area (Å²) in [4.78, 5) is 46.0. The van der Waals surface area contributed by atoms with Gasteiger partial charge in [0.2, 0.25) is 0 Å². The molecule has 1 aliphatic heterocycles. The second-order valence-corrected chi connectivity index (χ2v) is 16.3. The Morgan fingerprint density at radius 3 is 1.78 bits per heavy atom. The van der Waals surface area contributed by atoms with E-state index in [-0.39, 0.29) is 19.4 Å². The second-order valence-electron chi connectivity index (χ2n) is 14.8. The molecule has 0 saturated carbocycles. The normalized spacial score (nSPS) is 17.8. The van der Waals surface area contributed by atoms with Crippen molar-refractivity contribution in [1.82, 2.24) is 0 Å². The van der Waals surface area contributed by atoms with Gasteiger partial charge >= 0.3 is 25.7 Å². The van der Waals surface area contributed by atoms with Gasteiger partial charge in [-0.2, -0.15) is 0 Å². The Morgan fingerprint density at radius 2 is 1.17 bits per heavy atom. The summed E-state index contributed by atoms with van der Waals surface area (Å²) in [5, 5.41) is 8.89. The fraction of sp³-hybridized carbons (Fsp3) is 0.674. The Balaban J connectivity index is 2.31. The highest BCUT2D eigenvalue weighted by atomic mass is 31.2. The molecule has 1 aliphatic rings. The van der Waals surface area contributed by atoms with Crippen LogP contribution in [0.1, 0.15) is 155 Å². The third-order valence-corrected chi connectivity index (χ3v) is 10.3. The fourth-order valence-corrected chi connectivity index (χ4v) is 6.58. The molecule has 0 bridgehead atoms. The van der Waals surface area contributed by atoms with Crippen molar-refractivity contribution < 1.29 is 52.2 Å². The molecule has 0 aliphatic carbocycles. The van der Waals surface area contributed by atoms with E-state index in [0.29, 0.717) is 25.0 Å². The first-order valence-electron chi connectivity index (χ1n) is 22.1. The number of aliphatic carboxylic acids is 1. The van der Waals surface area contributed by atoms with Crippen molar-refractivity contribution in [3.05, 3.63) is 72.9 Å². The largest absolute Gasteiger partial charge is 0.480 e. The van der Waals surface area contributed by atoms with Gasteiger partial charge in [-0.05, 0) is 83.5 Å². The van der Waals surface area contributed by atoms with Crippen molar-refractivity contribution >= 4 is 25.7 Å². The first-order chi connectivity index (χ1) is 28.6. The zero-order valence-corrected chi connectivity index (χ0v) is 36.9. The van der Waals surface area contributed by atoms with Gasteiger partial charge in [-0.25, -0.2) is 4.57 Å². The number of rotatable bonds is 39. The van der Waals surface area contributed by atoms with Crippen LogP contribution in [0.25, 0.3) is 0 Å². The van der Waals surface area contributed by atoms with Crippen LogP contribution in [0.15, 0.2) is 72.9 Å². The molecular formula is C46H76NO11P. The van der Waals surface area contributed by atoms with Gasteiger partial charge in [-0.1, -0.05) is 132 Å². The van der Waals surface area contributed by atoms with E-state index in [0.717, 1.165) is 89.9 Å². The molecule has 1 rings (SSSR count). The first kappa shape index (κ1) is 53.9. The molecular weight excluding hydrogens is 773 g/mol. The van der Waals surface area contributed by atoms with E-state index in [1.54, 1.807) is 0 Å². The Labute approximate surface area is 355 Å². The number of phosphoric acid groups is 1. The fourth-order valence-electron chi connectivity index (χ4n) is 5.80. The highest BCUT2D eigenvalue weighted by molar-refractivity contribution is 7.47. The van der Waals surface area contributed by atoms with E-state index in [4.69, 9.17) is 29.6 Å². The van der Waals surface area contributed by atoms with Crippen LogP contribution in [-0.2, 0) is 42.2 Å². The lowest BCUT2D eigenvalue weighted by Crippen LogP contribution is -2.34. The van der Waals surface area contributed by atoms with Crippen molar-refractivity contribution in [2.75, 3.05) is 19.8 Å². The molecule has 0 radical (unpaired) electrons. The van der Waals surface area contributed by atoms with Crippen LogP contribution < -0.4 is 5.73 Å². The second kappa shape index (κ2) is 36.7. The number of carboxylic acids is 1. The number of esters is 2. The number of carbonyl (C=O) groups is 3. The lowest BCUT2D eigenvalue weighted by molar-refractivity contribution is -0.161. The number of carboxylic acid groups (broad SMARTS) is 1. The predicted octanol–water partition coefficient (Wildman–Crippen LogP) is 10.7. The minimum atomic E-state index is -4.74. The van der Waals surface area contributed by atoms with Crippen molar-refractivity contribution in [2.24, 2.45) is 5.73 Å². The molecule has 1 saturated heterocycles. The lowest BCUT2D eigenvalue weighted by Gasteiger charge is -2.20. The van der Waals surface area contributed by atoms with Crippen molar-refractivity contribution in [3.8, 4) is 0 Å². The first-order valence-corrected chi connectivity index (χ1v) is 23.6. The van der Waals surface area contributed by atoms with E-state index < -0.39 is 51.1 Å². The van der Waals surface area contributed by atoms with E-state index in [2.05, 4.69) is 91.3 Å². The highest BCUT2D eigenvalue weighted by Crippen LogP contribution is 2.43. The van der Waals surface area contributed by atoms with Gasteiger partial charge in [-0.15, -0.1) is 0 Å². The number of allylic oxidation sites excluding steroid dienone is 11. The molecule has 0 aromatic rings. The topological polar surface area (TPSA) is 184 Å². The molecule has 0 aromatic carbocycles. The summed E-state index contributed by atoms with van der Waals surface area (Å²) in [6.45, 7) is 2.59. The molecule has 5 atom stereocenters. The van der Waals surface area contributed by atoms with Crippen LogP contribution in [0.4, 0.5) is 0 Å². The van der Waals surface area contributed by atoms with Gasteiger partial charge in [0.05, 0.1) is 25.4 Å². The Morgan fingerprint density at radius 1 is 0.644 bits per heavy atom. The molecule has 13 heteroatoms. The van der Waals surface area contributed by atoms with Crippen LogP contribution in [0.3, 0.4) is 0 Å². The Bertz CT molecular complexity index is 1340. The summed E-state index contributed by atoms with van der Waals surface area (Å²) in [5.41, 5.74) is 5.33. The molecule has 1 heterocycles. The number of phosphoric ester groups is 1. The third kappa shape index (κ3) is 34.3. The summed E-state index contributed by atoms with van der Waals surface area (Å²) in [7, 11) is -4.74. The molecule has 336 valence electrons. The van der Waals surface area contributed by atoms with Gasteiger partial charge in [0.1, 0.15) is 12.6 Å². The number of ether oxygens (including phenoxy) is 3. The van der Waals surface area contributed by atoms with Crippen molar-refractivity contribution in [1.29, 1.82) is 0 Å². The maximum Gasteiger partial charge on any atom is 0.472 e. The molecule has 59 heavy (non-hydrogen) atoms. The number of hydrogen-bond acceptors (Lipinski definition) is 10. The third-order valence-electron chi connectivity index (χ3n) is 9.36. The van der Waals surface area contributed by atoms with E-state index >= 15 is 0 Å². The maximum absolute atomic E-state index is 12.6. The smallest absolute Gasteiger partial charge is 0.472 e. The number of nitrogens with two attached hydrogens (primary N) is 1. The summed E-state index contributed by atoms with van der Waals surface area (Å²) in [6.07, 6.45) is 45.6. The van der Waals surface area contributed by atoms with E-state index in [9.17, 15) is 23.8 Å². The number of unbranched alkanes of at least 4 members (excludes halogenated alkanes) is 10. The van der Waals surface area contributed by atoms with Gasteiger partial charge in [0, 0.05) is 12.8 Å². The van der Waals surface area contributed by atoms with Gasteiger partial charge in [0.15, 0.2) is 6.10 Å². The Kier molecular flexibility index (Phi) is 33.5. The number of hydrogen-bond donors (Lipinski definition) is 3. The summed E-state index contributed by atoms with van der Waals surface area (Å²) >= 11 is 0.